The van der Waals surface area contributed by atoms with E-state index in [0.717, 1.165) is 31.4 Å². The van der Waals surface area contributed by atoms with Gasteiger partial charge in [-0.1, -0.05) is 31.4 Å². The van der Waals surface area contributed by atoms with Gasteiger partial charge in [0.05, 0.1) is 5.54 Å². The molecule has 98 valence electrons. The van der Waals surface area contributed by atoms with E-state index in [4.69, 9.17) is 17.3 Å². The highest BCUT2D eigenvalue weighted by molar-refractivity contribution is 6.30. The number of nitrogens with one attached hydrogen (secondary N) is 1. The topological polar surface area (TPSA) is 55.1 Å². The maximum atomic E-state index is 12.3. The van der Waals surface area contributed by atoms with Gasteiger partial charge >= 0.3 is 0 Å². The molecule has 2 unspecified atom stereocenters. The van der Waals surface area contributed by atoms with Gasteiger partial charge in [-0.05, 0) is 43.0 Å². The molecule has 0 saturated heterocycles. The van der Waals surface area contributed by atoms with E-state index in [2.05, 4.69) is 12.2 Å². The van der Waals surface area contributed by atoms with E-state index in [1.54, 1.807) is 24.3 Å². The number of halogens is 1. The Labute approximate surface area is 113 Å². The summed E-state index contributed by atoms with van der Waals surface area (Å²) in [6, 6.07) is 7.08. The number of benzene rings is 1. The minimum absolute atomic E-state index is 0.0867. The fourth-order valence-corrected chi connectivity index (χ4v) is 2.71. The van der Waals surface area contributed by atoms with Crippen LogP contribution in [0.25, 0.3) is 0 Å². The van der Waals surface area contributed by atoms with Gasteiger partial charge < -0.3 is 11.1 Å². The lowest BCUT2D eigenvalue weighted by Gasteiger charge is -2.35. The van der Waals surface area contributed by atoms with Crippen molar-refractivity contribution < 1.29 is 4.79 Å². The highest BCUT2D eigenvalue weighted by Crippen LogP contribution is 2.31. The molecule has 0 aliphatic heterocycles. The molecule has 0 aromatic heterocycles. The van der Waals surface area contributed by atoms with Crippen LogP contribution in [0.4, 0.5) is 5.69 Å². The van der Waals surface area contributed by atoms with Crippen molar-refractivity contribution >= 4 is 23.2 Å². The van der Waals surface area contributed by atoms with Gasteiger partial charge in [0.15, 0.2) is 0 Å². The summed E-state index contributed by atoms with van der Waals surface area (Å²) in [6.45, 7) is 2.15. The Balaban J connectivity index is 2.04. The molecule has 1 amide bonds. The summed E-state index contributed by atoms with van der Waals surface area (Å²) in [4.78, 5) is 12.3. The lowest BCUT2D eigenvalue weighted by molar-refractivity contribution is -0.122. The standard InChI is InChI=1S/C14H19ClN2O/c1-10-3-2-8-14(16,9-10)13(18)17-12-6-4-11(15)5-7-12/h4-7,10H,2-3,8-9,16H2,1H3,(H,17,18). The quantitative estimate of drug-likeness (QED) is 0.864. The van der Waals surface area contributed by atoms with Crippen molar-refractivity contribution in [3.8, 4) is 0 Å². The number of carbonyl (C=O) groups excluding carboxylic acids is 1. The zero-order chi connectivity index (χ0) is 13.2. The van der Waals surface area contributed by atoms with Crippen LogP contribution < -0.4 is 11.1 Å². The highest BCUT2D eigenvalue weighted by atomic mass is 35.5. The van der Waals surface area contributed by atoms with Crippen molar-refractivity contribution in [2.75, 3.05) is 5.32 Å². The molecule has 1 aromatic carbocycles. The average Bonchev–Trinajstić information content (AvgIpc) is 2.32. The summed E-state index contributed by atoms with van der Waals surface area (Å²) in [5.41, 5.74) is 6.25. The smallest absolute Gasteiger partial charge is 0.244 e. The van der Waals surface area contributed by atoms with E-state index in [1.165, 1.54) is 0 Å². The van der Waals surface area contributed by atoms with Crippen molar-refractivity contribution in [2.45, 2.75) is 38.1 Å². The minimum Gasteiger partial charge on any atom is -0.324 e. The molecule has 3 N–H and O–H groups in total. The SMILES string of the molecule is CC1CCCC(N)(C(=O)Nc2ccc(Cl)cc2)C1. The summed E-state index contributed by atoms with van der Waals surface area (Å²) >= 11 is 5.81. The number of hydrogen-bond acceptors (Lipinski definition) is 2. The van der Waals surface area contributed by atoms with Gasteiger partial charge in [0.1, 0.15) is 0 Å². The Morgan fingerprint density at radius 1 is 1.44 bits per heavy atom. The molecule has 18 heavy (non-hydrogen) atoms. The third kappa shape index (κ3) is 3.03. The maximum absolute atomic E-state index is 12.3. The summed E-state index contributed by atoms with van der Waals surface area (Å²) < 4.78 is 0. The van der Waals surface area contributed by atoms with Crippen LogP contribution in [0, 0.1) is 5.92 Å². The second-order valence-electron chi connectivity index (χ2n) is 5.32. The molecule has 1 saturated carbocycles. The zero-order valence-electron chi connectivity index (χ0n) is 10.6. The van der Waals surface area contributed by atoms with E-state index in [1.807, 2.05) is 0 Å². The number of nitrogens with two attached hydrogens (primary N) is 1. The van der Waals surface area contributed by atoms with Gasteiger partial charge in [-0.2, -0.15) is 0 Å². The fourth-order valence-electron chi connectivity index (χ4n) is 2.59. The van der Waals surface area contributed by atoms with Gasteiger partial charge in [-0.25, -0.2) is 0 Å². The molecule has 2 rings (SSSR count). The Bertz CT molecular complexity index is 432. The molecule has 0 radical (unpaired) electrons. The van der Waals surface area contributed by atoms with Crippen LogP contribution in [0.5, 0.6) is 0 Å². The third-order valence-electron chi connectivity index (χ3n) is 3.59. The fraction of sp³-hybridized carbons (Fsp3) is 0.500. The highest BCUT2D eigenvalue weighted by Gasteiger charge is 2.37. The number of anilines is 1. The van der Waals surface area contributed by atoms with Crippen LogP contribution >= 0.6 is 11.6 Å². The summed E-state index contributed by atoms with van der Waals surface area (Å²) in [5, 5.41) is 3.53. The Morgan fingerprint density at radius 2 is 2.11 bits per heavy atom. The molecule has 1 aliphatic carbocycles. The minimum atomic E-state index is -0.725. The van der Waals surface area contributed by atoms with Gasteiger partial charge in [-0.15, -0.1) is 0 Å². The van der Waals surface area contributed by atoms with E-state index in [0.29, 0.717) is 10.9 Å². The molecule has 0 spiro atoms. The molecule has 0 bridgehead atoms. The lowest BCUT2D eigenvalue weighted by Crippen LogP contribution is -2.53. The third-order valence-corrected chi connectivity index (χ3v) is 3.84. The molecule has 4 heteroatoms. The lowest BCUT2D eigenvalue weighted by atomic mass is 9.76. The Kier molecular flexibility index (Phi) is 3.93. The first kappa shape index (κ1) is 13.4. The van der Waals surface area contributed by atoms with Gasteiger partial charge in [0.2, 0.25) is 5.91 Å². The van der Waals surface area contributed by atoms with Gasteiger partial charge in [0, 0.05) is 10.7 Å². The van der Waals surface area contributed by atoms with Crippen LogP contribution in [-0.4, -0.2) is 11.4 Å². The maximum Gasteiger partial charge on any atom is 0.244 e. The summed E-state index contributed by atoms with van der Waals surface area (Å²) in [6.07, 6.45) is 3.70. The molecular weight excluding hydrogens is 248 g/mol. The van der Waals surface area contributed by atoms with Crippen molar-refractivity contribution in [3.05, 3.63) is 29.3 Å². The van der Waals surface area contributed by atoms with E-state index in [9.17, 15) is 4.79 Å². The van der Waals surface area contributed by atoms with Crippen molar-refractivity contribution in [1.82, 2.24) is 0 Å². The second-order valence-corrected chi connectivity index (χ2v) is 5.76. The first-order chi connectivity index (χ1) is 8.49. The van der Waals surface area contributed by atoms with Crippen LogP contribution in [0.3, 0.4) is 0 Å². The van der Waals surface area contributed by atoms with Gasteiger partial charge in [0.25, 0.3) is 0 Å². The van der Waals surface area contributed by atoms with E-state index < -0.39 is 5.54 Å². The number of rotatable bonds is 2. The molecule has 1 aliphatic rings. The molecule has 3 nitrogen and oxygen atoms in total. The Morgan fingerprint density at radius 3 is 2.72 bits per heavy atom. The number of carbonyl (C=O) groups is 1. The van der Waals surface area contributed by atoms with Crippen LogP contribution in [0.15, 0.2) is 24.3 Å². The van der Waals surface area contributed by atoms with Crippen molar-refractivity contribution in [1.29, 1.82) is 0 Å². The monoisotopic (exact) mass is 266 g/mol. The van der Waals surface area contributed by atoms with Crippen LogP contribution in [-0.2, 0) is 4.79 Å². The van der Waals surface area contributed by atoms with Crippen molar-refractivity contribution in [2.24, 2.45) is 11.7 Å². The first-order valence-corrected chi connectivity index (χ1v) is 6.73. The largest absolute Gasteiger partial charge is 0.324 e. The van der Waals surface area contributed by atoms with Crippen LogP contribution in [0.2, 0.25) is 5.02 Å². The van der Waals surface area contributed by atoms with Crippen LogP contribution in [0.1, 0.15) is 32.6 Å². The molecule has 1 aromatic rings. The summed E-state index contributed by atoms with van der Waals surface area (Å²) in [7, 11) is 0. The second kappa shape index (κ2) is 5.29. The van der Waals surface area contributed by atoms with E-state index >= 15 is 0 Å². The predicted molar refractivity (Wildman–Crippen MR) is 74.6 cm³/mol. The predicted octanol–water partition coefficient (Wildman–Crippen LogP) is 3.19. The Hall–Kier alpha value is -1.06. The zero-order valence-corrected chi connectivity index (χ0v) is 11.3. The van der Waals surface area contributed by atoms with E-state index in [-0.39, 0.29) is 5.91 Å². The molecule has 0 heterocycles. The van der Waals surface area contributed by atoms with Gasteiger partial charge in [-0.3, -0.25) is 4.79 Å². The average molecular weight is 267 g/mol. The first-order valence-electron chi connectivity index (χ1n) is 6.35. The number of hydrogen-bond donors (Lipinski definition) is 2. The summed E-state index contributed by atoms with van der Waals surface area (Å²) in [5.74, 6) is 0.427. The molecular formula is C14H19ClN2O. The van der Waals surface area contributed by atoms with Crippen molar-refractivity contribution in [3.63, 3.8) is 0 Å². The molecule has 1 fully saturated rings. The number of amides is 1. The molecule has 2 atom stereocenters. The normalized spacial score (nSPS) is 27.8.